The van der Waals surface area contributed by atoms with Gasteiger partial charge in [0, 0.05) is 6.61 Å². The zero-order chi connectivity index (χ0) is 13.4. The van der Waals surface area contributed by atoms with E-state index in [0.29, 0.717) is 23.8 Å². The van der Waals surface area contributed by atoms with Gasteiger partial charge >= 0.3 is 0 Å². The molecule has 2 atom stereocenters. The predicted octanol–water partition coefficient (Wildman–Crippen LogP) is 1.61. The molecule has 19 heavy (non-hydrogen) atoms. The number of pyridine rings is 1. The fraction of sp³-hybridized carbons (Fsp3) is 0.538. The Labute approximate surface area is 116 Å². The molecule has 1 saturated heterocycles. The van der Waals surface area contributed by atoms with Gasteiger partial charge in [-0.15, -0.1) is 0 Å². The van der Waals surface area contributed by atoms with E-state index in [1.54, 1.807) is 6.07 Å². The fourth-order valence-corrected chi connectivity index (χ4v) is 2.71. The van der Waals surface area contributed by atoms with Gasteiger partial charge in [0.25, 0.3) is 5.91 Å². The Morgan fingerprint density at radius 3 is 3.00 bits per heavy atom. The fourth-order valence-electron chi connectivity index (χ4n) is 2.52. The number of carbonyl (C=O) groups excluding carboxylic acids is 1. The number of nitrogen functional groups attached to an aromatic ring is 1. The second kappa shape index (κ2) is 4.98. The van der Waals surface area contributed by atoms with Gasteiger partial charge in [0.2, 0.25) is 0 Å². The summed E-state index contributed by atoms with van der Waals surface area (Å²) in [5.74, 6) is 0.369. The maximum absolute atomic E-state index is 12.2. The number of nitrogens with zero attached hydrogens (tertiary/aromatic N) is 1. The van der Waals surface area contributed by atoms with Crippen LogP contribution in [0.4, 0.5) is 5.69 Å². The highest BCUT2D eigenvalue weighted by Crippen LogP contribution is 2.38. The van der Waals surface area contributed by atoms with Crippen LogP contribution in [0.2, 0.25) is 5.15 Å². The highest BCUT2D eigenvalue weighted by Gasteiger charge is 2.41. The summed E-state index contributed by atoms with van der Waals surface area (Å²) in [6.07, 6.45) is 4.82. The van der Waals surface area contributed by atoms with Crippen molar-refractivity contribution in [3.05, 3.63) is 23.0 Å². The Morgan fingerprint density at radius 2 is 2.26 bits per heavy atom. The van der Waals surface area contributed by atoms with E-state index in [0.717, 1.165) is 6.42 Å². The van der Waals surface area contributed by atoms with Crippen LogP contribution in [0.25, 0.3) is 0 Å². The molecular formula is C13H16ClN3O2. The van der Waals surface area contributed by atoms with Crippen LogP contribution in [-0.2, 0) is 4.74 Å². The van der Waals surface area contributed by atoms with Crippen molar-refractivity contribution in [3.63, 3.8) is 0 Å². The Balaban J connectivity index is 1.72. The number of hydrogen-bond acceptors (Lipinski definition) is 4. The maximum atomic E-state index is 12.2. The molecule has 2 aliphatic rings. The zero-order valence-corrected chi connectivity index (χ0v) is 11.2. The van der Waals surface area contributed by atoms with Gasteiger partial charge in [0.1, 0.15) is 5.15 Å². The average Bonchev–Trinajstić information content (AvgIpc) is 3.13. The van der Waals surface area contributed by atoms with Gasteiger partial charge in [-0.3, -0.25) is 4.79 Å². The SMILES string of the molecule is Nc1cnc(Cl)c(C(=O)NC2CCOC2C2CC2)c1. The molecule has 0 radical (unpaired) electrons. The monoisotopic (exact) mass is 281 g/mol. The van der Waals surface area contributed by atoms with E-state index in [4.69, 9.17) is 22.1 Å². The van der Waals surface area contributed by atoms with E-state index in [2.05, 4.69) is 10.3 Å². The molecule has 0 spiro atoms. The Kier molecular flexibility index (Phi) is 3.33. The largest absolute Gasteiger partial charge is 0.397 e. The Morgan fingerprint density at radius 1 is 1.47 bits per heavy atom. The van der Waals surface area contributed by atoms with Crippen LogP contribution in [0, 0.1) is 5.92 Å². The van der Waals surface area contributed by atoms with E-state index in [9.17, 15) is 4.79 Å². The van der Waals surface area contributed by atoms with Gasteiger partial charge in [-0.1, -0.05) is 11.6 Å². The van der Waals surface area contributed by atoms with E-state index in [-0.39, 0.29) is 23.2 Å². The van der Waals surface area contributed by atoms with Crippen molar-refractivity contribution >= 4 is 23.2 Å². The number of amides is 1. The lowest BCUT2D eigenvalue weighted by molar-refractivity contribution is 0.0729. The first-order valence-electron chi connectivity index (χ1n) is 6.48. The number of halogens is 1. The zero-order valence-electron chi connectivity index (χ0n) is 10.4. The Bertz CT molecular complexity index is 505. The van der Waals surface area contributed by atoms with Crippen molar-refractivity contribution in [1.82, 2.24) is 10.3 Å². The molecule has 0 aromatic carbocycles. The molecular weight excluding hydrogens is 266 g/mol. The molecule has 102 valence electrons. The van der Waals surface area contributed by atoms with E-state index < -0.39 is 0 Å². The number of carbonyl (C=O) groups is 1. The average molecular weight is 282 g/mol. The van der Waals surface area contributed by atoms with Gasteiger partial charge in [0.05, 0.1) is 29.6 Å². The maximum Gasteiger partial charge on any atom is 0.254 e. The molecule has 1 amide bonds. The molecule has 1 aromatic heterocycles. The second-order valence-electron chi connectivity index (χ2n) is 5.15. The highest BCUT2D eigenvalue weighted by atomic mass is 35.5. The molecule has 3 N–H and O–H groups in total. The summed E-state index contributed by atoms with van der Waals surface area (Å²) in [4.78, 5) is 16.1. The Hall–Kier alpha value is -1.33. The van der Waals surface area contributed by atoms with Crippen molar-refractivity contribution < 1.29 is 9.53 Å². The van der Waals surface area contributed by atoms with Gasteiger partial charge < -0.3 is 15.8 Å². The van der Waals surface area contributed by atoms with Crippen molar-refractivity contribution in [2.24, 2.45) is 5.92 Å². The number of nitrogens with one attached hydrogen (secondary N) is 1. The van der Waals surface area contributed by atoms with Crippen molar-refractivity contribution in [2.45, 2.75) is 31.4 Å². The third kappa shape index (κ3) is 2.67. The summed E-state index contributed by atoms with van der Waals surface area (Å²) < 4.78 is 5.69. The molecule has 2 heterocycles. The van der Waals surface area contributed by atoms with Crippen LogP contribution in [-0.4, -0.2) is 29.6 Å². The molecule has 2 fully saturated rings. The molecule has 1 saturated carbocycles. The predicted molar refractivity (Wildman–Crippen MR) is 72.0 cm³/mol. The first-order chi connectivity index (χ1) is 9.15. The minimum absolute atomic E-state index is 0.0671. The topological polar surface area (TPSA) is 77.2 Å². The molecule has 1 aliphatic carbocycles. The van der Waals surface area contributed by atoms with E-state index >= 15 is 0 Å². The van der Waals surface area contributed by atoms with Crippen molar-refractivity contribution in [2.75, 3.05) is 12.3 Å². The summed E-state index contributed by atoms with van der Waals surface area (Å²) >= 11 is 5.93. The summed E-state index contributed by atoms with van der Waals surface area (Å²) in [5, 5.41) is 3.17. The standard InChI is InChI=1S/C13H16ClN3O2/c14-12-9(5-8(15)6-16-12)13(18)17-10-3-4-19-11(10)7-1-2-7/h5-7,10-11H,1-4,15H2,(H,17,18). The van der Waals surface area contributed by atoms with Crippen LogP contribution < -0.4 is 11.1 Å². The number of aromatic nitrogens is 1. The van der Waals surface area contributed by atoms with Crippen LogP contribution in [0.3, 0.4) is 0 Å². The normalized spacial score (nSPS) is 26.4. The minimum Gasteiger partial charge on any atom is -0.397 e. The van der Waals surface area contributed by atoms with Crippen LogP contribution in [0.15, 0.2) is 12.3 Å². The number of nitrogens with two attached hydrogens (primary N) is 1. The van der Waals surface area contributed by atoms with E-state index in [1.807, 2.05) is 0 Å². The smallest absolute Gasteiger partial charge is 0.254 e. The first kappa shape index (κ1) is 12.7. The van der Waals surface area contributed by atoms with Gasteiger partial charge in [0.15, 0.2) is 0 Å². The molecule has 5 nitrogen and oxygen atoms in total. The minimum atomic E-state index is -0.231. The lowest BCUT2D eigenvalue weighted by Gasteiger charge is -2.19. The quantitative estimate of drug-likeness (QED) is 0.825. The molecule has 1 aromatic rings. The highest BCUT2D eigenvalue weighted by molar-refractivity contribution is 6.32. The molecule has 0 bridgehead atoms. The van der Waals surface area contributed by atoms with Gasteiger partial charge in [-0.05, 0) is 31.2 Å². The van der Waals surface area contributed by atoms with E-state index in [1.165, 1.54) is 19.0 Å². The van der Waals surface area contributed by atoms with Gasteiger partial charge in [-0.2, -0.15) is 0 Å². The summed E-state index contributed by atoms with van der Waals surface area (Å²) in [6.45, 7) is 0.703. The lowest BCUT2D eigenvalue weighted by atomic mass is 10.1. The second-order valence-corrected chi connectivity index (χ2v) is 5.51. The van der Waals surface area contributed by atoms with Gasteiger partial charge in [-0.25, -0.2) is 4.98 Å². The molecule has 1 aliphatic heterocycles. The summed E-state index contributed by atoms with van der Waals surface area (Å²) in [7, 11) is 0. The summed E-state index contributed by atoms with van der Waals surface area (Å²) in [6, 6.07) is 1.62. The van der Waals surface area contributed by atoms with Crippen molar-refractivity contribution in [1.29, 1.82) is 0 Å². The number of ether oxygens (including phenoxy) is 1. The lowest BCUT2D eigenvalue weighted by Crippen LogP contribution is -2.41. The van der Waals surface area contributed by atoms with Crippen molar-refractivity contribution in [3.8, 4) is 0 Å². The van der Waals surface area contributed by atoms with Crippen LogP contribution >= 0.6 is 11.6 Å². The third-order valence-corrected chi connectivity index (χ3v) is 3.94. The number of rotatable bonds is 3. The molecule has 6 heteroatoms. The van der Waals surface area contributed by atoms with Crippen LogP contribution in [0.1, 0.15) is 29.6 Å². The van der Waals surface area contributed by atoms with Crippen LogP contribution in [0.5, 0.6) is 0 Å². The molecule has 2 unspecified atom stereocenters. The number of anilines is 1. The first-order valence-corrected chi connectivity index (χ1v) is 6.86. The summed E-state index contributed by atoms with van der Waals surface area (Å²) in [5.41, 5.74) is 6.38. The number of hydrogen-bond donors (Lipinski definition) is 2. The molecule has 3 rings (SSSR count). The third-order valence-electron chi connectivity index (χ3n) is 3.64.